The maximum Gasteiger partial charge on any atom is 0.341 e. The molecule has 8 heteroatoms. The van der Waals surface area contributed by atoms with E-state index in [9.17, 15) is 19.1 Å². The number of aromatic carboxylic acids is 1. The third-order valence-electron chi connectivity index (χ3n) is 7.25. The summed E-state index contributed by atoms with van der Waals surface area (Å²) in [6.45, 7) is 2.90. The zero-order chi connectivity index (χ0) is 21.4. The second-order valence-corrected chi connectivity index (χ2v) is 9.19. The molecule has 3 N–H and O–H groups in total. The number of aromatic nitrogens is 1. The van der Waals surface area contributed by atoms with Crippen molar-refractivity contribution in [2.24, 2.45) is 11.7 Å². The van der Waals surface area contributed by atoms with Gasteiger partial charge in [-0.1, -0.05) is 12.8 Å². The van der Waals surface area contributed by atoms with Crippen molar-refractivity contribution in [2.45, 2.75) is 56.8 Å². The van der Waals surface area contributed by atoms with E-state index in [2.05, 4.69) is 0 Å². The monoisotopic (exact) mass is 417 g/mol. The van der Waals surface area contributed by atoms with Gasteiger partial charge >= 0.3 is 5.97 Å². The number of alkyl halides is 1. The molecule has 0 radical (unpaired) electrons. The predicted octanol–water partition coefficient (Wildman–Crippen LogP) is 3.14. The van der Waals surface area contributed by atoms with Gasteiger partial charge in [-0.05, 0) is 37.3 Å². The number of pyridine rings is 1. The number of carbonyl (C=O) groups is 1. The first-order chi connectivity index (χ1) is 14.2. The number of benzene rings is 1. The van der Waals surface area contributed by atoms with Gasteiger partial charge in [-0.3, -0.25) is 4.79 Å². The van der Waals surface area contributed by atoms with Crippen LogP contribution in [0.2, 0.25) is 0 Å². The summed E-state index contributed by atoms with van der Waals surface area (Å²) in [6.07, 6.45) is 4.46. The Morgan fingerprint density at radius 3 is 2.73 bits per heavy atom. The van der Waals surface area contributed by atoms with E-state index in [0.717, 1.165) is 31.7 Å². The number of hydrogen-bond acceptors (Lipinski definition) is 4. The first-order valence-corrected chi connectivity index (χ1v) is 10.5. The fourth-order valence-electron chi connectivity index (χ4n) is 5.59. The topological polar surface area (TPSA) is 88.6 Å². The molecule has 2 aliphatic carbocycles. The van der Waals surface area contributed by atoms with Crippen molar-refractivity contribution in [1.82, 2.24) is 4.57 Å². The van der Waals surface area contributed by atoms with E-state index >= 15 is 4.39 Å². The maximum absolute atomic E-state index is 15.3. The van der Waals surface area contributed by atoms with Crippen molar-refractivity contribution in [3.63, 3.8) is 0 Å². The van der Waals surface area contributed by atoms with Crippen LogP contribution in [0, 0.1) is 18.7 Å². The Hall–Kier alpha value is -2.48. The summed E-state index contributed by atoms with van der Waals surface area (Å²) < 4.78 is 30.8. The Labute approximate surface area is 172 Å². The van der Waals surface area contributed by atoms with Crippen molar-refractivity contribution >= 4 is 22.6 Å². The first-order valence-electron chi connectivity index (χ1n) is 10.5. The van der Waals surface area contributed by atoms with Crippen LogP contribution < -0.4 is 16.1 Å². The molecule has 1 aliphatic heterocycles. The van der Waals surface area contributed by atoms with Crippen LogP contribution in [-0.4, -0.2) is 40.4 Å². The molecular formula is C22H25F2N3O3. The highest BCUT2D eigenvalue weighted by Gasteiger charge is 2.46. The van der Waals surface area contributed by atoms with Gasteiger partial charge in [0.15, 0.2) is 0 Å². The molecule has 0 unspecified atom stereocenters. The fourth-order valence-corrected chi connectivity index (χ4v) is 5.59. The van der Waals surface area contributed by atoms with Gasteiger partial charge in [-0.25, -0.2) is 13.6 Å². The van der Waals surface area contributed by atoms with Crippen LogP contribution in [0.4, 0.5) is 14.5 Å². The minimum absolute atomic E-state index is 0.0215. The van der Waals surface area contributed by atoms with Crippen LogP contribution in [0.1, 0.15) is 54.1 Å². The molecule has 2 aromatic rings. The lowest BCUT2D eigenvalue weighted by molar-refractivity contribution is 0.0694. The van der Waals surface area contributed by atoms with Gasteiger partial charge in [0.2, 0.25) is 5.43 Å². The van der Waals surface area contributed by atoms with Gasteiger partial charge in [0, 0.05) is 36.6 Å². The second kappa shape index (κ2) is 6.51. The summed E-state index contributed by atoms with van der Waals surface area (Å²) >= 11 is 0. The molecule has 0 spiro atoms. The number of anilines is 1. The molecule has 2 heterocycles. The van der Waals surface area contributed by atoms with Gasteiger partial charge in [-0.15, -0.1) is 0 Å². The van der Waals surface area contributed by atoms with E-state index < -0.39 is 35.0 Å². The van der Waals surface area contributed by atoms with Crippen molar-refractivity contribution in [1.29, 1.82) is 0 Å². The number of hydrogen-bond donors (Lipinski definition) is 2. The second-order valence-electron chi connectivity index (χ2n) is 9.19. The van der Waals surface area contributed by atoms with Gasteiger partial charge in [0.1, 0.15) is 17.6 Å². The highest BCUT2D eigenvalue weighted by molar-refractivity contribution is 5.95. The number of fused-ring (bicyclic) bond motifs is 2. The fraction of sp³-hybridized carbons (Fsp3) is 0.545. The first kappa shape index (κ1) is 19.5. The van der Waals surface area contributed by atoms with E-state index in [1.807, 2.05) is 4.90 Å². The summed E-state index contributed by atoms with van der Waals surface area (Å²) in [5, 5.41) is 9.39. The van der Waals surface area contributed by atoms with Crippen LogP contribution in [0.25, 0.3) is 10.9 Å². The molecule has 0 amide bonds. The Morgan fingerprint density at radius 2 is 2.10 bits per heavy atom. The molecule has 160 valence electrons. The normalized spacial score (nSPS) is 30.5. The zero-order valence-electron chi connectivity index (χ0n) is 16.8. The van der Waals surface area contributed by atoms with Gasteiger partial charge in [-0.2, -0.15) is 0 Å². The van der Waals surface area contributed by atoms with E-state index in [-0.39, 0.29) is 23.3 Å². The molecule has 1 saturated heterocycles. The molecule has 6 nitrogen and oxygen atoms in total. The lowest BCUT2D eigenvalue weighted by Gasteiger charge is -2.34. The molecule has 3 fully saturated rings. The average molecular weight is 417 g/mol. The van der Waals surface area contributed by atoms with Crippen LogP contribution >= 0.6 is 0 Å². The number of carboxylic acid groups (broad SMARTS) is 1. The minimum Gasteiger partial charge on any atom is -0.477 e. The van der Waals surface area contributed by atoms with E-state index in [4.69, 9.17) is 5.73 Å². The van der Waals surface area contributed by atoms with E-state index in [1.54, 1.807) is 6.92 Å². The van der Waals surface area contributed by atoms with Crippen molar-refractivity contribution < 1.29 is 18.7 Å². The SMILES string of the molecule is Cc1c(N2C[C@H]3CCCC[C@@]3(N)C2)c(F)cc2c(=O)c(C(=O)O)cn([C@@H]3C[C@@H]3F)c12. The highest BCUT2D eigenvalue weighted by Crippen LogP contribution is 2.45. The molecule has 1 aromatic heterocycles. The maximum atomic E-state index is 15.3. The quantitative estimate of drug-likeness (QED) is 0.801. The van der Waals surface area contributed by atoms with Gasteiger partial charge in [0.05, 0.1) is 17.2 Å². The number of aryl methyl sites for hydroxylation is 1. The standard InChI is InChI=1S/C22H25F2N3O3/c1-11-18-13(20(28)14(21(29)30)9-27(18)17-7-15(17)23)6-16(24)19(11)26-8-12-4-2-3-5-22(12,25)10-26/h6,9,12,15,17H,2-5,7-8,10,25H2,1H3,(H,29,30)/t12-,15+,17-,22-/m1/s1. The summed E-state index contributed by atoms with van der Waals surface area (Å²) in [4.78, 5) is 26.3. The molecule has 1 aromatic carbocycles. The molecule has 5 rings (SSSR count). The Balaban J connectivity index is 1.71. The van der Waals surface area contributed by atoms with E-state index in [1.165, 1.54) is 10.8 Å². The zero-order valence-corrected chi connectivity index (χ0v) is 16.8. The molecule has 30 heavy (non-hydrogen) atoms. The van der Waals surface area contributed by atoms with Gasteiger partial charge in [0.25, 0.3) is 0 Å². The summed E-state index contributed by atoms with van der Waals surface area (Å²) in [5.74, 6) is -1.68. The molecule has 4 atom stereocenters. The van der Waals surface area contributed by atoms with Gasteiger partial charge < -0.3 is 20.3 Å². The van der Waals surface area contributed by atoms with Crippen LogP contribution in [-0.2, 0) is 0 Å². The summed E-state index contributed by atoms with van der Waals surface area (Å²) in [7, 11) is 0. The van der Waals surface area contributed by atoms with Crippen molar-refractivity contribution in [3.8, 4) is 0 Å². The number of carboxylic acids is 1. The Kier molecular flexibility index (Phi) is 4.23. The lowest BCUT2D eigenvalue weighted by atomic mass is 9.76. The third kappa shape index (κ3) is 2.76. The minimum atomic E-state index is -1.40. The van der Waals surface area contributed by atoms with Crippen LogP contribution in [0.15, 0.2) is 17.1 Å². The number of rotatable bonds is 3. The van der Waals surface area contributed by atoms with Crippen molar-refractivity contribution in [2.75, 3.05) is 18.0 Å². The third-order valence-corrected chi connectivity index (χ3v) is 7.25. The van der Waals surface area contributed by atoms with E-state index in [0.29, 0.717) is 29.9 Å². The molecule has 3 aliphatic rings. The molecule has 0 bridgehead atoms. The molecule has 2 saturated carbocycles. The number of nitrogens with zero attached hydrogens (tertiary/aromatic N) is 2. The molecular weight excluding hydrogens is 392 g/mol. The average Bonchev–Trinajstić information content (AvgIpc) is 3.29. The Bertz CT molecular complexity index is 1130. The highest BCUT2D eigenvalue weighted by atomic mass is 19.1. The smallest absolute Gasteiger partial charge is 0.341 e. The van der Waals surface area contributed by atoms with Crippen LogP contribution in [0.3, 0.4) is 0 Å². The summed E-state index contributed by atoms with van der Waals surface area (Å²) in [5.41, 5.74) is 6.41. The van der Waals surface area contributed by atoms with Crippen molar-refractivity contribution in [3.05, 3.63) is 39.4 Å². The largest absolute Gasteiger partial charge is 0.477 e. The van der Waals surface area contributed by atoms with Crippen LogP contribution in [0.5, 0.6) is 0 Å². The summed E-state index contributed by atoms with van der Waals surface area (Å²) in [6, 6.07) is 0.578. The predicted molar refractivity (Wildman–Crippen MR) is 110 cm³/mol. The Morgan fingerprint density at radius 1 is 1.37 bits per heavy atom. The lowest BCUT2D eigenvalue weighted by Crippen LogP contribution is -2.49. The number of halogens is 2. The number of nitrogens with two attached hydrogens (primary N) is 1.